The lowest BCUT2D eigenvalue weighted by atomic mass is 9.97. The second-order valence-electron chi connectivity index (χ2n) is 4.26. The average Bonchev–Trinajstić information content (AvgIpc) is 2.34. The molecule has 0 amide bonds. The minimum Gasteiger partial charge on any atom is -0.399 e. The van der Waals surface area contributed by atoms with Gasteiger partial charge in [0.15, 0.2) is 0 Å². The van der Waals surface area contributed by atoms with Crippen LogP contribution in [0.1, 0.15) is 23.6 Å². The van der Waals surface area contributed by atoms with Crippen molar-refractivity contribution in [3.05, 3.63) is 59.2 Å². The highest BCUT2D eigenvalue weighted by molar-refractivity contribution is 5.51. The van der Waals surface area contributed by atoms with E-state index in [1.165, 1.54) is 16.7 Å². The smallest absolute Gasteiger partial charge is 0.0349 e. The second kappa shape index (κ2) is 4.91. The summed E-state index contributed by atoms with van der Waals surface area (Å²) < 4.78 is 0. The Morgan fingerprint density at radius 2 is 1.65 bits per heavy atom. The summed E-state index contributed by atoms with van der Waals surface area (Å²) in [5.41, 5.74) is 17.2. The standard InChI is InChI=1S/C15H18N2/c1-2-11-10-14(16)8-7-12(11)9-13-5-3-4-6-15(13)17/h3-8,10H,2,9,16-17H2,1H3. The SMILES string of the molecule is CCc1cc(N)ccc1Cc1ccccc1N. The Labute approximate surface area is 102 Å². The highest BCUT2D eigenvalue weighted by atomic mass is 14.6. The lowest BCUT2D eigenvalue weighted by Gasteiger charge is -2.10. The first kappa shape index (κ1) is 11.5. The molecule has 2 nitrogen and oxygen atoms in total. The molecule has 2 aromatic rings. The van der Waals surface area contributed by atoms with Gasteiger partial charge < -0.3 is 11.5 Å². The third-order valence-corrected chi connectivity index (χ3v) is 3.05. The first-order valence-electron chi connectivity index (χ1n) is 5.91. The predicted octanol–water partition coefficient (Wildman–Crippen LogP) is 3.00. The van der Waals surface area contributed by atoms with Crippen LogP contribution in [0.15, 0.2) is 42.5 Å². The van der Waals surface area contributed by atoms with Gasteiger partial charge in [0, 0.05) is 11.4 Å². The summed E-state index contributed by atoms with van der Waals surface area (Å²) in [6.45, 7) is 2.15. The van der Waals surface area contributed by atoms with Gasteiger partial charge in [0.1, 0.15) is 0 Å². The van der Waals surface area contributed by atoms with Crippen LogP contribution >= 0.6 is 0 Å². The van der Waals surface area contributed by atoms with Crippen molar-refractivity contribution in [1.29, 1.82) is 0 Å². The van der Waals surface area contributed by atoms with Crippen LogP contribution in [-0.4, -0.2) is 0 Å². The van der Waals surface area contributed by atoms with Gasteiger partial charge in [-0.3, -0.25) is 0 Å². The number of hydrogen-bond acceptors (Lipinski definition) is 2. The highest BCUT2D eigenvalue weighted by Crippen LogP contribution is 2.21. The van der Waals surface area contributed by atoms with Gasteiger partial charge in [0.2, 0.25) is 0 Å². The van der Waals surface area contributed by atoms with Crippen LogP contribution in [0, 0.1) is 0 Å². The van der Waals surface area contributed by atoms with Gasteiger partial charge in [-0.05, 0) is 47.7 Å². The normalized spacial score (nSPS) is 10.4. The molecule has 0 aliphatic carbocycles. The molecule has 2 heteroatoms. The molecule has 0 aromatic heterocycles. The van der Waals surface area contributed by atoms with Crippen molar-refractivity contribution in [2.24, 2.45) is 0 Å². The van der Waals surface area contributed by atoms with Crippen LogP contribution < -0.4 is 11.5 Å². The van der Waals surface area contributed by atoms with E-state index in [1.807, 2.05) is 24.3 Å². The summed E-state index contributed by atoms with van der Waals surface area (Å²) in [4.78, 5) is 0. The molecule has 17 heavy (non-hydrogen) atoms. The van der Waals surface area contributed by atoms with Crippen LogP contribution in [0.2, 0.25) is 0 Å². The van der Waals surface area contributed by atoms with Crippen molar-refractivity contribution >= 4 is 11.4 Å². The number of para-hydroxylation sites is 1. The quantitative estimate of drug-likeness (QED) is 0.790. The van der Waals surface area contributed by atoms with Crippen molar-refractivity contribution in [1.82, 2.24) is 0 Å². The molecule has 88 valence electrons. The third kappa shape index (κ3) is 2.59. The number of hydrogen-bond donors (Lipinski definition) is 2. The molecule has 0 aliphatic heterocycles. The number of anilines is 2. The summed E-state index contributed by atoms with van der Waals surface area (Å²) >= 11 is 0. The molecule has 0 spiro atoms. The monoisotopic (exact) mass is 226 g/mol. The Morgan fingerprint density at radius 1 is 0.882 bits per heavy atom. The van der Waals surface area contributed by atoms with Crippen LogP contribution in [0.3, 0.4) is 0 Å². The summed E-state index contributed by atoms with van der Waals surface area (Å²) in [7, 11) is 0. The molecule has 2 rings (SSSR count). The summed E-state index contributed by atoms with van der Waals surface area (Å²) in [5.74, 6) is 0. The minimum absolute atomic E-state index is 0.826. The zero-order chi connectivity index (χ0) is 12.3. The van der Waals surface area contributed by atoms with E-state index in [-0.39, 0.29) is 0 Å². The number of nitrogen functional groups attached to an aromatic ring is 2. The van der Waals surface area contributed by atoms with E-state index < -0.39 is 0 Å². The lowest BCUT2D eigenvalue weighted by Crippen LogP contribution is -1.99. The van der Waals surface area contributed by atoms with Gasteiger partial charge in [-0.1, -0.05) is 31.2 Å². The predicted molar refractivity (Wildman–Crippen MR) is 73.9 cm³/mol. The molecule has 0 atom stereocenters. The van der Waals surface area contributed by atoms with E-state index in [0.29, 0.717) is 0 Å². The van der Waals surface area contributed by atoms with Gasteiger partial charge in [-0.15, -0.1) is 0 Å². The van der Waals surface area contributed by atoms with E-state index >= 15 is 0 Å². The maximum atomic E-state index is 5.97. The summed E-state index contributed by atoms with van der Waals surface area (Å²) in [6, 6.07) is 14.1. The van der Waals surface area contributed by atoms with E-state index in [9.17, 15) is 0 Å². The molecule has 2 aromatic carbocycles. The maximum Gasteiger partial charge on any atom is 0.0349 e. The Hall–Kier alpha value is -1.96. The average molecular weight is 226 g/mol. The van der Waals surface area contributed by atoms with Crippen LogP contribution in [0.4, 0.5) is 11.4 Å². The highest BCUT2D eigenvalue weighted by Gasteiger charge is 2.04. The van der Waals surface area contributed by atoms with Crippen LogP contribution in [-0.2, 0) is 12.8 Å². The van der Waals surface area contributed by atoms with E-state index in [4.69, 9.17) is 11.5 Å². The third-order valence-electron chi connectivity index (χ3n) is 3.05. The minimum atomic E-state index is 0.826. The Morgan fingerprint density at radius 3 is 2.35 bits per heavy atom. The molecular formula is C15H18N2. The fourth-order valence-corrected chi connectivity index (χ4v) is 2.05. The van der Waals surface area contributed by atoms with Crippen molar-refractivity contribution in [2.45, 2.75) is 19.8 Å². The number of benzene rings is 2. The van der Waals surface area contributed by atoms with Crippen LogP contribution in [0.5, 0.6) is 0 Å². The Bertz CT molecular complexity index is 518. The van der Waals surface area contributed by atoms with E-state index in [1.54, 1.807) is 0 Å². The van der Waals surface area contributed by atoms with Gasteiger partial charge in [-0.25, -0.2) is 0 Å². The fraction of sp³-hybridized carbons (Fsp3) is 0.200. The van der Waals surface area contributed by atoms with E-state index in [2.05, 4.69) is 25.1 Å². The topological polar surface area (TPSA) is 52.0 Å². The van der Waals surface area contributed by atoms with Gasteiger partial charge in [0.05, 0.1) is 0 Å². The molecule has 0 saturated carbocycles. The molecule has 0 unspecified atom stereocenters. The largest absolute Gasteiger partial charge is 0.399 e. The molecule has 0 bridgehead atoms. The molecular weight excluding hydrogens is 208 g/mol. The molecule has 0 radical (unpaired) electrons. The lowest BCUT2D eigenvalue weighted by molar-refractivity contribution is 1.06. The first-order chi connectivity index (χ1) is 8.20. The zero-order valence-electron chi connectivity index (χ0n) is 10.1. The van der Waals surface area contributed by atoms with Crippen molar-refractivity contribution in [3.63, 3.8) is 0 Å². The van der Waals surface area contributed by atoms with Crippen molar-refractivity contribution in [2.75, 3.05) is 11.5 Å². The molecule has 0 heterocycles. The van der Waals surface area contributed by atoms with E-state index in [0.717, 1.165) is 24.2 Å². The van der Waals surface area contributed by atoms with Crippen molar-refractivity contribution in [3.8, 4) is 0 Å². The number of aryl methyl sites for hydroxylation is 1. The molecule has 4 N–H and O–H groups in total. The van der Waals surface area contributed by atoms with Gasteiger partial charge in [-0.2, -0.15) is 0 Å². The number of nitrogens with two attached hydrogens (primary N) is 2. The summed E-state index contributed by atoms with van der Waals surface area (Å²) in [5, 5.41) is 0. The summed E-state index contributed by atoms with van der Waals surface area (Å²) in [6.07, 6.45) is 1.86. The molecule has 0 saturated heterocycles. The maximum absolute atomic E-state index is 5.97. The fourth-order valence-electron chi connectivity index (χ4n) is 2.05. The molecule has 0 fully saturated rings. The van der Waals surface area contributed by atoms with Crippen molar-refractivity contribution < 1.29 is 0 Å². The Balaban J connectivity index is 2.33. The first-order valence-corrected chi connectivity index (χ1v) is 5.91. The van der Waals surface area contributed by atoms with Gasteiger partial charge >= 0.3 is 0 Å². The second-order valence-corrected chi connectivity index (χ2v) is 4.26. The molecule has 0 aliphatic rings. The number of rotatable bonds is 3. The Kier molecular flexibility index (Phi) is 3.33. The van der Waals surface area contributed by atoms with Gasteiger partial charge in [0.25, 0.3) is 0 Å². The zero-order valence-corrected chi connectivity index (χ0v) is 10.1. The van der Waals surface area contributed by atoms with Crippen LogP contribution in [0.25, 0.3) is 0 Å².